The Kier molecular flexibility index (Phi) is 5.83. The van der Waals surface area contributed by atoms with Gasteiger partial charge in [-0.1, -0.05) is 24.3 Å². The Bertz CT molecular complexity index is 534. The zero-order valence-corrected chi connectivity index (χ0v) is 12.4. The van der Waals surface area contributed by atoms with Crippen molar-refractivity contribution in [2.75, 3.05) is 6.61 Å². The van der Waals surface area contributed by atoms with Crippen molar-refractivity contribution in [1.82, 2.24) is 0 Å². The molecule has 116 valence electrons. The molecule has 4 heteroatoms. The minimum Gasteiger partial charge on any atom is -0.508 e. The molecule has 22 heavy (non-hydrogen) atoms. The van der Waals surface area contributed by atoms with Crippen LogP contribution in [0, 0.1) is 0 Å². The van der Waals surface area contributed by atoms with Crippen LogP contribution in [-0.2, 0) is 22.4 Å². The Morgan fingerprint density at radius 3 is 1.86 bits per heavy atom. The van der Waals surface area contributed by atoms with Crippen LogP contribution in [-0.4, -0.2) is 22.8 Å². The molecule has 0 aliphatic heterocycles. The largest absolute Gasteiger partial charge is 0.508 e. The van der Waals surface area contributed by atoms with Gasteiger partial charge in [0.15, 0.2) is 0 Å². The molecule has 0 saturated carbocycles. The average molecular weight is 300 g/mol. The molecule has 0 radical (unpaired) electrons. The molecule has 2 N–H and O–H groups in total. The molecule has 2 rings (SSSR count). The van der Waals surface area contributed by atoms with Gasteiger partial charge in [0, 0.05) is 12.8 Å². The van der Waals surface area contributed by atoms with Gasteiger partial charge in [0.1, 0.15) is 11.5 Å². The molecule has 2 aromatic carbocycles. The van der Waals surface area contributed by atoms with Crippen LogP contribution in [0.1, 0.15) is 24.0 Å². The van der Waals surface area contributed by atoms with Gasteiger partial charge >= 0.3 is 5.97 Å². The van der Waals surface area contributed by atoms with Crippen molar-refractivity contribution < 1.29 is 19.7 Å². The van der Waals surface area contributed by atoms with Crippen LogP contribution in [0.15, 0.2) is 48.5 Å². The molecule has 0 fully saturated rings. The van der Waals surface area contributed by atoms with Gasteiger partial charge in [-0.05, 0) is 48.2 Å². The number of esters is 1. The van der Waals surface area contributed by atoms with Crippen molar-refractivity contribution in [2.45, 2.75) is 25.7 Å². The lowest BCUT2D eigenvalue weighted by Crippen LogP contribution is -2.08. The summed E-state index contributed by atoms with van der Waals surface area (Å²) in [7, 11) is 0. The summed E-state index contributed by atoms with van der Waals surface area (Å²) < 4.78 is 5.19. The third-order valence-corrected chi connectivity index (χ3v) is 3.37. The third kappa shape index (κ3) is 5.48. The fourth-order valence-electron chi connectivity index (χ4n) is 2.12. The zero-order valence-electron chi connectivity index (χ0n) is 12.4. The first-order valence-corrected chi connectivity index (χ1v) is 7.35. The van der Waals surface area contributed by atoms with E-state index in [2.05, 4.69) is 0 Å². The Hall–Kier alpha value is -2.49. The van der Waals surface area contributed by atoms with E-state index in [4.69, 9.17) is 4.74 Å². The highest BCUT2D eigenvalue weighted by Crippen LogP contribution is 2.12. The first-order valence-electron chi connectivity index (χ1n) is 7.35. The van der Waals surface area contributed by atoms with Crippen LogP contribution in [0.4, 0.5) is 0 Å². The first kappa shape index (κ1) is 15.9. The van der Waals surface area contributed by atoms with Gasteiger partial charge in [-0.3, -0.25) is 4.79 Å². The number of benzene rings is 2. The lowest BCUT2D eigenvalue weighted by Gasteiger charge is -2.05. The van der Waals surface area contributed by atoms with Gasteiger partial charge in [-0.2, -0.15) is 0 Å². The second-order valence-electron chi connectivity index (χ2n) is 5.16. The number of aromatic hydroxyl groups is 2. The maximum Gasteiger partial charge on any atom is 0.305 e. The summed E-state index contributed by atoms with van der Waals surface area (Å²) in [6.45, 7) is 0.350. The highest BCUT2D eigenvalue weighted by Gasteiger charge is 2.04. The van der Waals surface area contributed by atoms with Crippen molar-refractivity contribution >= 4 is 5.97 Å². The van der Waals surface area contributed by atoms with E-state index in [9.17, 15) is 15.0 Å². The van der Waals surface area contributed by atoms with E-state index in [-0.39, 0.29) is 17.5 Å². The van der Waals surface area contributed by atoms with Crippen molar-refractivity contribution in [3.63, 3.8) is 0 Å². The molecule has 0 spiro atoms. The maximum atomic E-state index is 11.6. The van der Waals surface area contributed by atoms with Gasteiger partial charge in [0.25, 0.3) is 0 Å². The van der Waals surface area contributed by atoms with Crippen LogP contribution < -0.4 is 0 Å². The quantitative estimate of drug-likeness (QED) is 0.771. The Balaban J connectivity index is 1.61. The smallest absolute Gasteiger partial charge is 0.305 e. The second kappa shape index (κ2) is 8.08. The number of rotatable bonds is 7. The van der Waals surface area contributed by atoms with E-state index in [1.165, 1.54) is 0 Å². The number of hydrogen-bond donors (Lipinski definition) is 2. The number of carbonyl (C=O) groups is 1. The molecule has 0 aliphatic carbocycles. The summed E-state index contributed by atoms with van der Waals surface area (Å²) in [5.74, 6) is 0.282. The van der Waals surface area contributed by atoms with E-state index in [0.29, 0.717) is 19.4 Å². The predicted molar refractivity (Wildman–Crippen MR) is 83.8 cm³/mol. The van der Waals surface area contributed by atoms with E-state index < -0.39 is 0 Å². The van der Waals surface area contributed by atoms with Crippen LogP contribution >= 0.6 is 0 Å². The lowest BCUT2D eigenvalue weighted by atomic mass is 10.1. The summed E-state index contributed by atoms with van der Waals surface area (Å²) in [4.78, 5) is 11.6. The standard InChI is InChI=1S/C18H20O4/c19-16-8-4-14(5-9-16)2-1-3-18(21)22-13-12-15-6-10-17(20)11-7-15/h4-11,19-20H,1-3,12-13H2. The highest BCUT2D eigenvalue weighted by molar-refractivity contribution is 5.69. The van der Waals surface area contributed by atoms with Crippen molar-refractivity contribution in [3.05, 3.63) is 59.7 Å². The van der Waals surface area contributed by atoms with Crippen LogP contribution in [0.2, 0.25) is 0 Å². The third-order valence-electron chi connectivity index (χ3n) is 3.37. The Morgan fingerprint density at radius 1 is 0.818 bits per heavy atom. The lowest BCUT2D eigenvalue weighted by molar-refractivity contribution is -0.143. The molecule has 0 aliphatic rings. The summed E-state index contributed by atoms with van der Waals surface area (Å²) in [5, 5.41) is 18.4. The van der Waals surface area contributed by atoms with Gasteiger partial charge in [0.05, 0.1) is 6.61 Å². The van der Waals surface area contributed by atoms with E-state index in [0.717, 1.165) is 24.0 Å². The Labute approximate surface area is 130 Å². The van der Waals surface area contributed by atoms with Crippen molar-refractivity contribution in [1.29, 1.82) is 0 Å². The second-order valence-corrected chi connectivity index (χ2v) is 5.16. The van der Waals surface area contributed by atoms with Gasteiger partial charge in [0.2, 0.25) is 0 Å². The predicted octanol–water partition coefficient (Wildman–Crippen LogP) is 3.21. The minimum absolute atomic E-state index is 0.197. The number of ether oxygens (including phenoxy) is 1. The Morgan fingerprint density at radius 2 is 1.32 bits per heavy atom. The van der Waals surface area contributed by atoms with Gasteiger partial charge in [-0.15, -0.1) is 0 Å². The van der Waals surface area contributed by atoms with Crippen molar-refractivity contribution in [2.24, 2.45) is 0 Å². The molecule has 0 amide bonds. The average Bonchev–Trinajstić information content (AvgIpc) is 2.51. The monoisotopic (exact) mass is 300 g/mol. The molecule has 0 unspecified atom stereocenters. The van der Waals surface area contributed by atoms with E-state index in [1.54, 1.807) is 24.3 Å². The number of hydrogen-bond acceptors (Lipinski definition) is 4. The molecule has 2 aromatic rings. The molecule has 0 atom stereocenters. The fourth-order valence-corrected chi connectivity index (χ4v) is 2.12. The minimum atomic E-state index is -0.197. The number of phenolic OH excluding ortho intramolecular Hbond substituents is 2. The summed E-state index contributed by atoms with van der Waals surface area (Å²) >= 11 is 0. The molecular formula is C18H20O4. The van der Waals surface area contributed by atoms with Crippen molar-refractivity contribution in [3.8, 4) is 11.5 Å². The van der Waals surface area contributed by atoms with E-state index >= 15 is 0 Å². The zero-order chi connectivity index (χ0) is 15.8. The topological polar surface area (TPSA) is 66.8 Å². The molecule has 0 heterocycles. The van der Waals surface area contributed by atoms with E-state index in [1.807, 2.05) is 24.3 Å². The fraction of sp³-hybridized carbons (Fsp3) is 0.278. The summed E-state index contributed by atoms with van der Waals surface area (Å²) in [6.07, 6.45) is 2.54. The highest BCUT2D eigenvalue weighted by atomic mass is 16.5. The molecule has 0 bridgehead atoms. The number of carbonyl (C=O) groups excluding carboxylic acids is 1. The molecule has 0 aromatic heterocycles. The molecule has 0 saturated heterocycles. The summed E-state index contributed by atoms with van der Waals surface area (Å²) in [5.41, 5.74) is 2.12. The van der Waals surface area contributed by atoms with Crippen LogP contribution in [0.3, 0.4) is 0 Å². The number of aryl methyl sites for hydroxylation is 1. The van der Waals surface area contributed by atoms with Crippen LogP contribution in [0.25, 0.3) is 0 Å². The summed E-state index contributed by atoms with van der Waals surface area (Å²) in [6, 6.07) is 13.9. The van der Waals surface area contributed by atoms with Crippen LogP contribution in [0.5, 0.6) is 11.5 Å². The first-order chi connectivity index (χ1) is 10.6. The maximum absolute atomic E-state index is 11.6. The number of phenols is 2. The normalized spacial score (nSPS) is 10.4. The molecular weight excluding hydrogens is 280 g/mol. The SMILES string of the molecule is O=C(CCCc1ccc(O)cc1)OCCc1ccc(O)cc1. The molecule has 4 nitrogen and oxygen atoms in total. The van der Waals surface area contributed by atoms with Gasteiger partial charge < -0.3 is 14.9 Å². The van der Waals surface area contributed by atoms with Gasteiger partial charge in [-0.25, -0.2) is 0 Å².